The summed E-state index contributed by atoms with van der Waals surface area (Å²) < 4.78 is 21.7. The van der Waals surface area contributed by atoms with E-state index in [1.807, 2.05) is 0 Å². The van der Waals surface area contributed by atoms with Crippen molar-refractivity contribution in [3.8, 4) is 0 Å². The molecule has 0 aliphatic heterocycles. The van der Waals surface area contributed by atoms with Gasteiger partial charge in [-0.3, -0.25) is 4.79 Å². The summed E-state index contributed by atoms with van der Waals surface area (Å²) in [6, 6.07) is 0. The molecule has 0 aromatic heterocycles. The average Bonchev–Trinajstić information content (AvgIpc) is 1.97. The van der Waals surface area contributed by atoms with Crippen molar-refractivity contribution in [1.82, 2.24) is 5.32 Å². The lowest BCUT2D eigenvalue weighted by Gasteiger charge is -2.21. The first-order chi connectivity index (χ1) is 6.09. The third-order valence-electron chi connectivity index (χ3n) is 1.91. The van der Waals surface area contributed by atoms with Crippen LogP contribution in [0, 0.1) is 0 Å². The van der Waals surface area contributed by atoms with Crippen LogP contribution in [0.2, 0.25) is 0 Å². The van der Waals surface area contributed by atoms with E-state index >= 15 is 0 Å². The smallest absolute Gasteiger partial charge is 0.241 e. The number of hydrogen-bond acceptors (Lipinski definition) is 3. The Bertz CT molecular complexity index is 346. The molecule has 14 heavy (non-hydrogen) atoms. The van der Waals surface area contributed by atoms with Gasteiger partial charge in [-0.2, -0.15) is 0 Å². The maximum Gasteiger partial charge on any atom is 0.241 e. The van der Waals surface area contributed by atoms with E-state index in [2.05, 4.69) is 27.8 Å². The van der Waals surface area contributed by atoms with Gasteiger partial charge in [-0.25, -0.2) is 8.42 Å². The van der Waals surface area contributed by atoms with Crippen LogP contribution in [-0.2, 0) is 14.6 Å². The van der Waals surface area contributed by atoms with Crippen LogP contribution in [0.3, 0.4) is 0 Å². The molecule has 1 N–H and O–H groups in total. The standard InChI is InChI=1S/C8H14BrNO3S/c1-6(9)5-10-7(11)8(2,3)14(4,12)13/h1,5H2,2-4H3,(H,10,11). The van der Waals surface area contributed by atoms with Crippen LogP contribution < -0.4 is 5.32 Å². The van der Waals surface area contributed by atoms with Crippen LogP contribution in [0.5, 0.6) is 0 Å². The second-order valence-corrected chi connectivity index (χ2v) is 7.17. The van der Waals surface area contributed by atoms with Gasteiger partial charge < -0.3 is 5.32 Å². The first kappa shape index (κ1) is 13.6. The fraction of sp³-hybridized carbons (Fsp3) is 0.625. The maximum absolute atomic E-state index is 11.5. The van der Waals surface area contributed by atoms with Crippen molar-refractivity contribution in [2.24, 2.45) is 0 Å². The second-order valence-electron chi connectivity index (χ2n) is 3.48. The molecule has 0 aromatic carbocycles. The first-order valence-corrected chi connectivity index (χ1v) is 6.58. The summed E-state index contributed by atoms with van der Waals surface area (Å²) in [5, 5.41) is 2.46. The molecule has 0 rings (SSSR count). The molecule has 0 heterocycles. The fourth-order valence-electron chi connectivity index (χ4n) is 0.557. The molecule has 0 radical (unpaired) electrons. The van der Waals surface area contributed by atoms with E-state index in [1.54, 1.807) is 0 Å². The predicted octanol–water partition coefficient (Wildman–Crippen LogP) is 0.834. The van der Waals surface area contributed by atoms with E-state index < -0.39 is 20.5 Å². The van der Waals surface area contributed by atoms with Crippen LogP contribution in [0.1, 0.15) is 13.8 Å². The lowest BCUT2D eigenvalue weighted by Crippen LogP contribution is -2.47. The Kier molecular flexibility index (Phi) is 4.33. The number of carbonyl (C=O) groups is 1. The highest BCUT2D eigenvalue weighted by Crippen LogP contribution is 2.15. The third kappa shape index (κ3) is 3.42. The summed E-state index contributed by atoms with van der Waals surface area (Å²) >= 11 is 3.06. The van der Waals surface area contributed by atoms with Crippen molar-refractivity contribution >= 4 is 31.7 Å². The first-order valence-electron chi connectivity index (χ1n) is 3.90. The summed E-state index contributed by atoms with van der Waals surface area (Å²) in [4.78, 5) is 11.5. The van der Waals surface area contributed by atoms with Crippen molar-refractivity contribution in [2.75, 3.05) is 12.8 Å². The third-order valence-corrected chi connectivity index (χ3v) is 4.23. The monoisotopic (exact) mass is 283 g/mol. The summed E-state index contributed by atoms with van der Waals surface area (Å²) in [5.74, 6) is -0.527. The van der Waals surface area contributed by atoms with Crippen LogP contribution in [0.25, 0.3) is 0 Å². The zero-order chi connectivity index (χ0) is 11.6. The molecule has 6 heteroatoms. The number of hydrogen-bond donors (Lipinski definition) is 1. The average molecular weight is 284 g/mol. The van der Waals surface area contributed by atoms with Gasteiger partial charge in [0.15, 0.2) is 9.84 Å². The molecule has 0 unspecified atom stereocenters. The Morgan fingerprint density at radius 2 is 1.93 bits per heavy atom. The van der Waals surface area contributed by atoms with Crippen molar-refractivity contribution < 1.29 is 13.2 Å². The van der Waals surface area contributed by atoms with E-state index in [-0.39, 0.29) is 6.54 Å². The molecule has 0 atom stereocenters. The van der Waals surface area contributed by atoms with E-state index in [0.29, 0.717) is 4.48 Å². The van der Waals surface area contributed by atoms with Crippen molar-refractivity contribution in [1.29, 1.82) is 0 Å². The van der Waals surface area contributed by atoms with Gasteiger partial charge in [-0.1, -0.05) is 22.5 Å². The molecule has 0 bridgehead atoms. The van der Waals surface area contributed by atoms with Crippen LogP contribution in [0.4, 0.5) is 0 Å². The number of rotatable bonds is 4. The number of sulfone groups is 1. The van der Waals surface area contributed by atoms with Crippen LogP contribution in [-0.4, -0.2) is 31.9 Å². The number of nitrogens with one attached hydrogen (secondary N) is 1. The lowest BCUT2D eigenvalue weighted by atomic mass is 10.2. The minimum absolute atomic E-state index is 0.220. The van der Waals surface area contributed by atoms with Gasteiger partial charge in [0, 0.05) is 17.3 Å². The van der Waals surface area contributed by atoms with Crippen molar-refractivity contribution in [3.05, 3.63) is 11.1 Å². The molecule has 0 fully saturated rings. The van der Waals surface area contributed by atoms with Gasteiger partial charge in [0.1, 0.15) is 4.75 Å². The molecule has 4 nitrogen and oxygen atoms in total. The van der Waals surface area contributed by atoms with Crippen molar-refractivity contribution in [2.45, 2.75) is 18.6 Å². The Labute approximate surface area is 92.8 Å². The summed E-state index contributed by atoms with van der Waals surface area (Å²) in [5.41, 5.74) is 0. The largest absolute Gasteiger partial charge is 0.350 e. The second kappa shape index (κ2) is 4.44. The van der Waals surface area contributed by atoms with Crippen LogP contribution >= 0.6 is 15.9 Å². The molecular formula is C8H14BrNO3S. The zero-order valence-corrected chi connectivity index (χ0v) is 10.8. The molecule has 0 aromatic rings. The molecule has 0 aliphatic rings. The normalized spacial score (nSPS) is 12.3. The fourth-order valence-corrected chi connectivity index (χ4v) is 1.11. The van der Waals surface area contributed by atoms with Crippen LogP contribution in [0.15, 0.2) is 11.1 Å². The van der Waals surface area contributed by atoms with E-state index in [1.165, 1.54) is 13.8 Å². The minimum Gasteiger partial charge on any atom is -0.350 e. The SMILES string of the molecule is C=C(Br)CNC(=O)C(C)(C)S(C)(=O)=O. The topological polar surface area (TPSA) is 63.2 Å². The molecule has 82 valence electrons. The molecule has 0 saturated heterocycles. The minimum atomic E-state index is -3.41. The van der Waals surface area contributed by atoms with Gasteiger partial charge in [0.2, 0.25) is 5.91 Å². The highest BCUT2D eigenvalue weighted by atomic mass is 79.9. The molecule has 1 amide bonds. The van der Waals surface area contributed by atoms with Crippen molar-refractivity contribution in [3.63, 3.8) is 0 Å². The Balaban J connectivity index is 4.62. The highest BCUT2D eigenvalue weighted by Gasteiger charge is 2.38. The Hall–Kier alpha value is -0.360. The molecule has 0 aliphatic carbocycles. The summed E-state index contributed by atoms with van der Waals surface area (Å²) in [7, 11) is -3.41. The van der Waals surface area contributed by atoms with Gasteiger partial charge in [-0.15, -0.1) is 0 Å². The van der Waals surface area contributed by atoms with Gasteiger partial charge >= 0.3 is 0 Å². The quantitative estimate of drug-likeness (QED) is 0.832. The number of carbonyl (C=O) groups excluding carboxylic acids is 1. The van der Waals surface area contributed by atoms with Gasteiger partial charge in [-0.05, 0) is 13.8 Å². The molecule has 0 saturated carbocycles. The van der Waals surface area contributed by atoms with Gasteiger partial charge in [0.05, 0.1) is 0 Å². The van der Waals surface area contributed by atoms with E-state index in [9.17, 15) is 13.2 Å². The Morgan fingerprint density at radius 1 is 1.50 bits per heavy atom. The predicted molar refractivity (Wildman–Crippen MR) is 60.0 cm³/mol. The number of amides is 1. The summed E-state index contributed by atoms with van der Waals surface area (Å²) in [6.45, 7) is 6.48. The molecular weight excluding hydrogens is 270 g/mol. The lowest BCUT2D eigenvalue weighted by molar-refractivity contribution is -0.122. The maximum atomic E-state index is 11.5. The van der Waals surface area contributed by atoms with Gasteiger partial charge in [0.25, 0.3) is 0 Å². The van der Waals surface area contributed by atoms with E-state index in [0.717, 1.165) is 6.26 Å². The Morgan fingerprint density at radius 3 is 2.21 bits per heavy atom. The molecule has 0 spiro atoms. The van der Waals surface area contributed by atoms with E-state index in [4.69, 9.17) is 0 Å². The highest BCUT2D eigenvalue weighted by molar-refractivity contribution is 9.11. The summed E-state index contributed by atoms with van der Waals surface area (Å²) in [6.07, 6.45) is 1.04. The number of halogens is 1. The zero-order valence-electron chi connectivity index (χ0n) is 8.43.